The topological polar surface area (TPSA) is 60.9 Å². The van der Waals surface area contributed by atoms with Gasteiger partial charge < -0.3 is 10.0 Å². The fourth-order valence-corrected chi connectivity index (χ4v) is 3.80. The van der Waals surface area contributed by atoms with Gasteiger partial charge in [-0.2, -0.15) is 0 Å². The quantitative estimate of drug-likeness (QED) is 0.901. The van der Waals surface area contributed by atoms with Gasteiger partial charge in [0, 0.05) is 26.1 Å². The Morgan fingerprint density at radius 1 is 1.12 bits per heavy atom. The Kier molecular flexibility index (Phi) is 5.51. The van der Waals surface area contributed by atoms with E-state index in [1.54, 1.807) is 12.1 Å². The Morgan fingerprint density at radius 2 is 1.88 bits per heavy atom. The number of nitrogens with zero attached hydrogens (tertiary/aromatic N) is 2. The van der Waals surface area contributed by atoms with E-state index < -0.39 is 5.97 Å². The van der Waals surface area contributed by atoms with Crippen molar-refractivity contribution in [2.24, 2.45) is 5.92 Å². The van der Waals surface area contributed by atoms with Crippen molar-refractivity contribution in [1.82, 2.24) is 9.80 Å². The third kappa shape index (κ3) is 4.15. The molecule has 2 heterocycles. The lowest BCUT2D eigenvalue weighted by atomic mass is 9.94. The third-order valence-electron chi connectivity index (χ3n) is 5.25. The lowest BCUT2D eigenvalue weighted by Gasteiger charge is -2.36. The zero-order chi connectivity index (χ0) is 16.9. The van der Waals surface area contributed by atoms with Crippen molar-refractivity contribution >= 4 is 11.9 Å². The molecule has 1 aromatic carbocycles. The summed E-state index contributed by atoms with van der Waals surface area (Å²) >= 11 is 0. The number of carboxylic acid groups (broad SMARTS) is 1. The van der Waals surface area contributed by atoms with E-state index in [2.05, 4.69) is 4.90 Å². The van der Waals surface area contributed by atoms with Crippen LogP contribution in [0, 0.1) is 5.92 Å². The summed E-state index contributed by atoms with van der Waals surface area (Å²) in [4.78, 5) is 27.6. The molecule has 2 saturated heterocycles. The summed E-state index contributed by atoms with van der Waals surface area (Å²) in [6.07, 6.45) is 5.05. The fraction of sp³-hybridized carbons (Fsp3) is 0.579. The highest BCUT2D eigenvalue weighted by Crippen LogP contribution is 2.23. The molecule has 2 fully saturated rings. The molecule has 2 aliphatic heterocycles. The molecule has 1 aromatic rings. The van der Waals surface area contributed by atoms with Crippen LogP contribution in [-0.2, 0) is 11.3 Å². The van der Waals surface area contributed by atoms with E-state index in [1.807, 2.05) is 17.0 Å². The number of carbonyl (C=O) groups excluding carboxylic acids is 1. The van der Waals surface area contributed by atoms with Crippen molar-refractivity contribution in [2.45, 2.75) is 38.6 Å². The number of carboxylic acids is 1. The number of piperidine rings is 2. The molecule has 2 aliphatic rings. The molecule has 0 radical (unpaired) electrons. The van der Waals surface area contributed by atoms with Crippen molar-refractivity contribution in [1.29, 1.82) is 0 Å². The summed E-state index contributed by atoms with van der Waals surface area (Å²) in [6, 6.07) is 7.25. The molecule has 5 nitrogen and oxygen atoms in total. The van der Waals surface area contributed by atoms with Gasteiger partial charge in [-0.05, 0) is 56.3 Å². The standard InChI is InChI=1S/C19H26N2O3/c22-18-7-3-4-10-21(18)13-15-8-11-20(12-9-15)14-16-5-1-2-6-17(16)19(23)24/h1-2,5-6,15H,3-4,7-14H2,(H,23,24). The molecule has 3 rings (SSSR count). The van der Waals surface area contributed by atoms with E-state index in [9.17, 15) is 14.7 Å². The third-order valence-corrected chi connectivity index (χ3v) is 5.25. The molecule has 0 atom stereocenters. The molecular formula is C19H26N2O3. The second-order valence-corrected chi connectivity index (χ2v) is 6.98. The van der Waals surface area contributed by atoms with Gasteiger partial charge in [-0.25, -0.2) is 4.79 Å². The number of aromatic carboxylic acids is 1. The van der Waals surface area contributed by atoms with Gasteiger partial charge in [-0.1, -0.05) is 18.2 Å². The average molecular weight is 330 g/mol. The van der Waals surface area contributed by atoms with Crippen molar-refractivity contribution < 1.29 is 14.7 Å². The first-order chi connectivity index (χ1) is 11.6. The van der Waals surface area contributed by atoms with Gasteiger partial charge in [0.05, 0.1) is 5.56 Å². The Hall–Kier alpha value is -1.88. The first-order valence-electron chi connectivity index (χ1n) is 8.95. The highest BCUT2D eigenvalue weighted by atomic mass is 16.4. The number of hydrogen-bond donors (Lipinski definition) is 1. The van der Waals surface area contributed by atoms with Gasteiger partial charge >= 0.3 is 5.97 Å². The predicted octanol–water partition coefficient (Wildman–Crippen LogP) is 2.61. The Balaban J connectivity index is 1.50. The summed E-state index contributed by atoms with van der Waals surface area (Å²) in [5.41, 5.74) is 1.29. The van der Waals surface area contributed by atoms with Crippen LogP contribution in [-0.4, -0.2) is 53.0 Å². The number of carbonyl (C=O) groups is 2. The van der Waals surface area contributed by atoms with Crippen LogP contribution in [0.1, 0.15) is 48.0 Å². The van der Waals surface area contributed by atoms with Crippen LogP contribution >= 0.6 is 0 Å². The molecule has 130 valence electrons. The molecule has 0 aliphatic carbocycles. The smallest absolute Gasteiger partial charge is 0.336 e. The SMILES string of the molecule is O=C(O)c1ccccc1CN1CCC(CN2CCCCC2=O)CC1. The molecule has 1 N–H and O–H groups in total. The van der Waals surface area contributed by atoms with Crippen molar-refractivity contribution in [2.75, 3.05) is 26.2 Å². The zero-order valence-corrected chi connectivity index (χ0v) is 14.1. The zero-order valence-electron chi connectivity index (χ0n) is 14.1. The minimum atomic E-state index is -0.857. The Bertz CT molecular complexity index is 594. The Labute approximate surface area is 143 Å². The molecular weight excluding hydrogens is 304 g/mol. The van der Waals surface area contributed by atoms with Gasteiger partial charge in [0.2, 0.25) is 5.91 Å². The first-order valence-corrected chi connectivity index (χ1v) is 8.95. The molecule has 0 saturated carbocycles. The van der Waals surface area contributed by atoms with Gasteiger partial charge in [0.1, 0.15) is 0 Å². The van der Waals surface area contributed by atoms with Crippen LogP contribution in [0.3, 0.4) is 0 Å². The lowest BCUT2D eigenvalue weighted by molar-refractivity contribution is -0.134. The Morgan fingerprint density at radius 3 is 2.58 bits per heavy atom. The monoisotopic (exact) mass is 330 g/mol. The summed E-state index contributed by atoms with van der Waals surface area (Å²) in [6.45, 7) is 4.46. The maximum absolute atomic E-state index is 11.9. The second-order valence-electron chi connectivity index (χ2n) is 6.98. The van der Waals surface area contributed by atoms with Crippen LogP contribution < -0.4 is 0 Å². The molecule has 1 amide bonds. The summed E-state index contributed by atoms with van der Waals surface area (Å²) in [5.74, 6) is 0.0428. The molecule has 0 unspecified atom stereocenters. The van der Waals surface area contributed by atoms with Crippen LogP contribution in [0.15, 0.2) is 24.3 Å². The average Bonchev–Trinajstić information content (AvgIpc) is 2.59. The van der Waals surface area contributed by atoms with Gasteiger partial charge in [0.25, 0.3) is 0 Å². The number of likely N-dealkylation sites (tertiary alicyclic amines) is 2. The molecule has 0 bridgehead atoms. The summed E-state index contributed by atoms with van der Waals surface area (Å²) in [7, 11) is 0. The van der Waals surface area contributed by atoms with Gasteiger partial charge in [-0.3, -0.25) is 9.69 Å². The van der Waals surface area contributed by atoms with E-state index in [4.69, 9.17) is 0 Å². The predicted molar refractivity (Wildman–Crippen MR) is 91.8 cm³/mol. The highest BCUT2D eigenvalue weighted by Gasteiger charge is 2.25. The molecule has 5 heteroatoms. The fourth-order valence-electron chi connectivity index (χ4n) is 3.80. The van der Waals surface area contributed by atoms with Crippen LogP contribution in [0.25, 0.3) is 0 Å². The number of amides is 1. The van der Waals surface area contributed by atoms with E-state index >= 15 is 0 Å². The normalized spacial score (nSPS) is 20.3. The van der Waals surface area contributed by atoms with Crippen LogP contribution in [0.2, 0.25) is 0 Å². The largest absolute Gasteiger partial charge is 0.478 e. The van der Waals surface area contributed by atoms with Crippen LogP contribution in [0.5, 0.6) is 0 Å². The minimum absolute atomic E-state index is 0.319. The van der Waals surface area contributed by atoms with E-state index in [0.29, 0.717) is 30.4 Å². The van der Waals surface area contributed by atoms with Gasteiger partial charge in [-0.15, -0.1) is 0 Å². The van der Waals surface area contributed by atoms with Crippen molar-refractivity contribution in [3.05, 3.63) is 35.4 Å². The molecule has 0 aromatic heterocycles. The minimum Gasteiger partial charge on any atom is -0.478 e. The van der Waals surface area contributed by atoms with Gasteiger partial charge in [0.15, 0.2) is 0 Å². The molecule has 24 heavy (non-hydrogen) atoms. The maximum Gasteiger partial charge on any atom is 0.336 e. The maximum atomic E-state index is 11.9. The van der Waals surface area contributed by atoms with Crippen molar-refractivity contribution in [3.63, 3.8) is 0 Å². The summed E-state index contributed by atoms with van der Waals surface area (Å²) in [5, 5.41) is 9.29. The lowest BCUT2D eigenvalue weighted by Crippen LogP contribution is -2.42. The number of benzene rings is 1. The second kappa shape index (κ2) is 7.79. The first kappa shape index (κ1) is 17.0. The summed E-state index contributed by atoms with van der Waals surface area (Å²) < 4.78 is 0. The van der Waals surface area contributed by atoms with E-state index in [1.165, 1.54) is 0 Å². The number of rotatable bonds is 5. The van der Waals surface area contributed by atoms with E-state index in [-0.39, 0.29) is 0 Å². The number of hydrogen-bond acceptors (Lipinski definition) is 3. The van der Waals surface area contributed by atoms with Crippen molar-refractivity contribution in [3.8, 4) is 0 Å². The van der Waals surface area contributed by atoms with Crippen LogP contribution in [0.4, 0.5) is 0 Å². The van der Waals surface area contributed by atoms with E-state index in [0.717, 1.165) is 57.4 Å². The molecule has 0 spiro atoms. The highest BCUT2D eigenvalue weighted by molar-refractivity contribution is 5.89.